The van der Waals surface area contributed by atoms with Crippen LogP contribution in [-0.4, -0.2) is 12.7 Å². The summed E-state index contributed by atoms with van der Waals surface area (Å²) in [6, 6.07) is 0. The molecule has 0 aliphatic carbocycles. The van der Waals surface area contributed by atoms with Crippen molar-refractivity contribution in [2.24, 2.45) is 16.9 Å². The summed E-state index contributed by atoms with van der Waals surface area (Å²) in [7, 11) is 0. The largest absolute Gasteiger partial charge is 0.402 e. The summed E-state index contributed by atoms with van der Waals surface area (Å²) in [5.74, 6) is 0. The van der Waals surface area contributed by atoms with E-state index in [0.717, 1.165) is 12.2 Å². The molecular weight excluding hydrogens is 198 g/mol. The molecule has 16 heavy (non-hydrogen) atoms. The molecule has 0 amide bonds. The molecule has 0 aromatic rings. The number of hydrogen-bond donors (Lipinski definition) is 3. The van der Waals surface area contributed by atoms with Gasteiger partial charge in [0.05, 0.1) is 6.17 Å². The lowest BCUT2D eigenvalue weighted by atomic mass is 9.92. The van der Waals surface area contributed by atoms with Crippen LogP contribution in [0.15, 0.2) is 24.9 Å². The summed E-state index contributed by atoms with van der Waals surface area (Å²) in [6.45, 7) is 19.1. The number of nitrogens with one attached hydrogen (secondary N) is 1. The van der Waals surface area contributed by atoms with E-state index in [2.05, 4.69) is 39.2 Å². The first-order chi connectivity index (χ1) is 7.38. The highest BCUT2D eigenvalue weighted by Crippen LogP contribution is 2.20. The average Bonchev–Trinajstić information content (AvgIpc) is 2.22. The summed E-state index contributed by atoms with van der Waals surface area (Å²) in [5.41, 5.74) is 12.4. The molecule has 0 rings (SSSR count). The van der Waals surface area contributed by atoms with E-state index >= 15 is 0 Å². The molecule has 5 N–H and O–H groups in total. The fourth-order valence-electron chi connectivity index (χ4n) is 0.738. The summed E-state index contributed by atoms with van der Waals surface area (Å²) in [4.78, 5) is 0. The number of hydrogen-bond acceptors (Lipinski definition) is 3. The first kappa shape index (κ1) is 20.6. The van der Waals surface area contributed by atoms with E-state index in [1.807, 2.05) is 26.8 Å². The van der Waals surface area contributed by atoms with Crippen molar-refractivity contribution in [3.8, 4) is 0 Å². The Balaban J connectivity index is -0.000000376. The number of allylic oxidation sites excluding steroid dienone is 1. The monoisotopic (exact) mass is 229 g/mol. The van der Waals surface area contributed by atoms with Crippen LogP contribution in [0.5, 0.6) is 0 Å². The second-order valence-corrected chi connectivity index (χ2v) is 3.96. The molecule has 0 radical (unpaired) electrons. The Morgan fingerprint density at radius 1 is 1.31 bits per heavy atom. The predicted octanol–water partition coefficient (Wildman–Crippen LogP) is 2.60. The third-order valence-electron chi connectivity index (χ3n) is 1.66. The molecular formula is C13H31N3. The highest BCUT2D eigenvalue weighted by atomic mass is 15.0. The molecule has 98 valence electrons. The summed E-state index contributed by atoms with van der Waals surface area (Å²) < 4.78 is 0. The van der Waals surface area contributed by atoms with Crippen molar-refractivity contribution < 1.29 is 0 Å². The second kappa shape index (κ2) is 12.3. The Hall–Kier alpha value is -0.800. The molecule has 0 heterocycles. The summed E-state index contributed by atoms with van der Waals surface area (Å²) >= 11 is 0. The molecule has 0 saturated heterocycles. The van der Waals surface area contributed by atoms with Crippen LogP contribution in [0.25, 0.3) is 0 Å². The van der Waals surface area contributed by atoms with Crippen molar-refractivity contribution in [3.63, 3.8) is 0 Å². The van der Waals surface area contributed by atoms with Gasteiger partial charge in [-0.3, -0.25) is 5.32 Å². The van der Waals surface area contributed by atoms with Gasteiger partial charge in [-0.05, 0) is 12.6 Å². The smallest absolute Gasteiger partial charge is 0.0758 e. The molecule has 0 bridgehead atoms. The zero-order valence-corrected chi connectivity index (χ0v) is 11.9. The minimum absolute atomic E-state index is 0.00699. The average molecular weight is 229 g/mol. The van der Waals surface area contributed by atoms with Gasteiger partial charge in [-0.2, -0.15) is 0 Å². The minimum atomic E-state index is -0.130. The highest BCUT2D eigenvalue weighted by Gasteiger charge is 2.14. The number of rotatable bonds is 3. The van der Waals surface area contributed by atoms with Gasteiger partial charge in [-0.1, -0.05) is 41.5 Å². The zero-order chi connectivity index (χ0) is 13.8. The molecule has 0 aliphatic heterocycles. The Kier molecular flexibility index (Phi) is 15.8. The van der Waals surface area contributed by atoms with Gasteiger partial charge in [-0.25, -0.2) is 0 Å². The van der Waals surface area contributed by atoms with Crippen LogP contribution in [0.1, 0.15) is 41.5 Å². The third-order valence-corrected chi connectivity index (χ3v) is 1.66. The topological polar surface area (TPSA) is 64.1 Å². The molecule has 0 spiro atoms. The first-order valence-corrected chi connectivity index (χ1v) is 5.84. The maximum absolute atomic E-state index is 5.82. The maximum Gasteiger partial charge on any atom is 0.0758 e. The molecule has 0 fully saturated rings. The van der Waals surface area contributed by atoms with E-state index in [4.69, 9.17) is 11.5 Å². The molecule has 0 aromatic heterocycles. The molecule has 0 aromatic carbocycles. The van der Waals surface area contributed by atoms with Crippen molar-refractivity contribution in [2.75, 3.05) is 6.54 Å². The Morgan fingerprint density at radius 3 is 1.94 bits per heavy atom. The van der Waals surface area contributed by atoms with Gasteiger partial charge in [0.15, 0.2) is 0 Å². The van der Waals surface area contributed by atoms with Crippen LogP contribution in [0, 0.1) is 5.41 Å². The first-order valence-electron chi connectivity index (χ1n) is 5.84. The van der Waals surface area contributed by atoms with Crippen LogP contribution >= 0.6 is 0 Å². The Morgan fingerprint density at radius 2 is 1.69 bits per heavy atom. The van der Waals surface area contributed by atoms with Crippen LogP contribution in [0.2, 0.25) is 0 Å². The van der Waals surface area contributed by atoms with Gasteiger partial charge in [0.2, 0.25) is 0 Å². The predicted molar refractivity (Wildman–Crippen MR) is 76.0 cm³/mol. The van der Waals surface area contributed by atoms with Gasteiger partial charge in [-0.15, -0.1) is 13.2 Å². The molecule has 1 unspecified atom stereocenters. The van der Waals surface area contributed by atoms with E-state index in [9.17, 15) is 0 Å². The van der Waals surface area contributed by atoms with Gasteiger partial charge >= 0.3 is 0 Å². The van der Waals surface area contributed by atoms with Crippen molar-refractivity contribution in [1.82, 2.24) is 5.32 Å². The molecule has 3 heteroatoms. The van der Waals surface area contributed by atoms with Crippen molar-refractivity contribution in [1.29, 1.82) is 0 Å². The van der Waals surface area contributed by atoms with Gasteiger partial charge in [0.1, 0.15) is 0 Å². The standard InChI is InChI=1S/C9H21N3.C2H6.C2H4/c1-5-12-8(11)6-7(10)9(2,3)4;2*1-2/h6,8,12H,5,10-11H2,1-4H3;1-2H3;1-2H2/b7-6-;;. The Labute approximate surface area is 102 Å². The van der Waals surface area contributed by atoms with E-state index < -0.39 is 0 Å². The fraction of sp³-hybridized carbons (Fsp3) is 0.692. The quantitative estimate of drug-likeness (QED) is 0.515. The number of nitrogens with two attached hydrogens (primary N) is 2. The lowest BCUT2D eigenvalue weighted by Crippen LogP contribution is -2.37. The second-order valence-electron chi connectivity index (χ2n) is 3.96. The normalized spacial score (nSPS) is 12.8. The number of likely N-dealkylation sites (N-methyl/N-ethyl adjacent to an activating group) is 1. The lowest BCUT2D eigenvalue weighted by molar-refractivity contribution is 0.488. The summed E-state index contributed by atoms with van der Waals surface area (Å²) in [6.07, 6.45) is 1.73. The van der Waals surface area contributed by atoms with Crippen molar-refractivity contribution in [2.45, 2.75) is 47.7 Å². The fourth-order valence-corrected chi connectivity index (χ4v) is 0.738. The van der Waals surface area contributed by atoms with Crippen molar-refractivity contribution >= 4 is 0 Å². The van der Waals surface area contributed by atoms with E-state index in [0.29, 0.717) is 0 Å². The summed E-state index contributed by atoms with van der Waals surface area (Å²) in [5, 5.41) is 3.07. The van der Waals surface area contributed by atoms with Gasteiger partial charge < -0.3 is 11.5 Å². The Bertz CT molecular complexity index is 169. The molecule has 1 atom stereocenters. The maximum atomic E-state index is 5.82. The van der Waals surface area contributed by atoms with Gasteiger partial charge in [0.25, 0.3) is 0 Å². The van der Waals surface area contributed by atoms with Crippen molar-refractivity contribution in [3.05, 3.63) is 24.9 Å². The molecule has 0 saturated carbocycles. The van der Waals surface area contributed by atoms with Crippen LogP contribution in [0.3, 0.4) is 0 Å². The zero-order valence-electron chi connectivity index (χ0n) is 11.9. The lowest BCUT2D eigenvalue weighted by Gasteiger charge is -2.20. The van der Waals surface area contributed by atoms with Gasteiger partial charge in [0, 0.05) is 11.1 Å². The van der Waals surface area contributed by atoms with E-state index in [1.165, 1.54) is 0 Å². The SMILES string of the molecule is C=C.CC.CCNC(N)/C=C(\N)C(C)(C)C. The highest BCUT2D eigenvalue weighted by molar-refractivity contribution is 5.08. The molecule has 0 aliphatic rings. The molecule has 3 nitrogen and oxygen atoms in total. The van der Waals surface area contributed by atoms with E-state index in [1.54, 1.807) is 0 Å². The van der Waals surface area contributed by atoms with E-state index in [-0.39, 0.29) is 11.6 Å². The third kappa shape index (κ3) is 13.2. The van der Waals surface area contributed by atoms with Crippen LogP contribution in [0.4, 0.5) is 0 Å². The minimum Gasteiger partial charge on any atom is -0.402 e. The van der Waals surface area contributed by atoms with Crippen LogP contribution < -0.4 is 16.8 Å². The van der Waals surface area contributed by atoms with Crippen LogP contribution in [-0.2, 0) is 0 Å².